The number of nitrogens with two attached hydrogens (primary N) is 1. The second-order valence-corrected chi connectivity index (χ2v) is 13.2. The summed E-state index contributed by atoms with van der Waals surface area (Å²) in [5.41, 5.74) is 6.95. The number of fused-ring (bicyclic) bond motifs is 3. The Balaban J connectivity index is 1.38. The Morgan fingerprint density at radius 2 is 1.75 bits per heavy atom. The molecule has 0 aromatic heterocycles. The number of likely N-dealkylation sites (N-methyl/N-ethyl adjacent to an activating group) is 1. The molecule has 2 aromatic rings. The van der Waals surface area contributed by atoms with E-state index in [0.717, 1.165) is 36.3 Å². The number of piperidine rings is 1. The van der Waals surface area contributed by atoms with Gasteiger partial charge in [0, 0.05) is 25.2 Å². The lowest BCUT2D eigenvalue weighted by atomic mass is 9.55. The van der Waals surface area contributed by atoms with Gasteiger partial charge in [-0.3, -0.25) is 19.4 Å². The molecular formula is C34H40FN3O6. The van der Waals surface area contributed by atoms with Crippen LogP contribution in [0.3, 0.4) is 0 Å². The number of carbonyl (C=O) groups is 2. The minimum absolute atomic E-state index is 0.113. The van der Waals surface area contributed by atoms with Crippen molar-refractivity contribution in [3.8, 4) is 16.9 Å². The van der Waals surface area contributed by atoms with Crippen molar-refractivity contribution in [3.05, 3.63) is 70.0 Å². The molecule has 6 N–H and O–H groups in total. The number of aliphatic hydroxyl groups excluding tert-OH is 2. The predicted molar refractivity (Wildman–Crippen MR) is 163 cm³/mol. The number of carbonyl (C=O) groups excluding carboxylic acids is 2. The molecule has 9 nitrogen and oxygen atoms in total. The number of benzene rings is 2. The van der Waals surface area contributed by atoms with Gasteiger partial charge in [0.05, 0.1) is 23.1 Å². The molecule has 2 fully saturated rings. The highest BCUT2D eigenvalue weighted by Gasteiger charge is 2.60. The van der Waals surface area contributed by atoms with Crippen LogP contribution in [-0.4, -0.2) is 86.9 Å². The van der Waals surface area contributed by atoms with Gasteiger partial charge in [0.1, 0.15) is 29.0 Å². The average Bonchev–Trinajstić information content (AvgIpc) is 2.94. The van der Waals surface area contributed by atoms with Crippen LogP contribution < -0.4 is 5.73 Å². The fraction of sp³-hybridized carbons (Fsp3) is 0.471. The number of amides is 1. The first kappa shape index (κ1) is 30.3. The number of phenolic OH excluding ortho intramolecular Hbond substituents is 1. The van der Waals surface area contributed by atoms with Crippen LogP contribution in [-0.2, 0) is 22.6 Å². The molecule has 1 saturated carbocycles. The van der Waals surface area contributed by atoms with Crippen LogP contribution in [0.25, 0.3) is 16.9 Å². The van der Waals surface area contributed by atoms with E-state index in [9.17, 15) is 34.4 Å². The summed E-state index contributed by atoms with van der Waals surface area (Å²) in [6.45, 7) is 3.50. The number of halogens is 1. The molecule has 0 spiro atoms. The van der Waals surface area contributed by atoms with Crippen molar-refractivity contribution in [2.75, 3.05) is 27.2 Å². The number of aliphatic hydroxyl groups is 3. The summed E-state index contributed by atoms with van der Waals surface area (Å²) in [6.07, 6.45) is 1.07. The summed E-state index contributed by atoms with van der Waals surface area (Å²) < 4.78 is 13.6. The smallest absolute Gasteiger partial charge is 0.251 e. The molecule has 3 aliphatic carbocycles. The second kappa shape index (κ2) is 11.0. The number of nitrogens with zero attached hydrogens (tertiary/aromatic N) is 2. The molecular weight excluding hydrogens is 565 g/mol. The average molecular weight is 606 g/mol. The number of hydrogen-bond donors (Lipinski definition) is 5. The van der Waals surface area contributed by atoms with Crippen molar-refractivity contribution < 1.29 is 34.4 Å². The Kier molecular flexibility index (Phi) is 7.58. The van der Waals surface area contributed by atoms with E-state index in [1.54, 1.807) is 19.0 Å². The predicted octanol–water partition coefficient (Wildman–Crippen LogP) is 3.63. The van der Waals surface area contributed by atoms with E-state index < -0.39 is 52.8 Å². The van der Waals surface area contributed by atoms with Crippen LogP contribution in [0.5, 0.6) is 5.75 Å². The first-order valence-electron chi connectivity index (χ1n) is 15.2. The lowest BCUT2D eigenvalue weighted by Crippen LogP contribution is -2.61. The van der Waals surface area contributed by atoms with Crippen LogP contribution in [0.4, 0.5) is 4.39 Å². The third-order valence-corrected chi connectivity index (χ3v) is 10.2. The highest BCUT2D eigenvalue weighted by atomic mass is 19.1. The first-order chi connectivity index (χ1) is 20.8. The minimum atomic E-state index is -2.06. The molecule has 1 heterocycles. The number of phenols is 1. The van der Waals surface area contributed by atoms with Gasteiger partial charge in [-0.25, -0.2) is 4.39 Å². The molecule has 5 atom stereocenters. The maximum Gasteiger partial charge on any atom is 0.251 e. The highest BCUT2D eigenvalue weighted by Crippen LogP contribution is 2.54. The first-order valence-corrected chi connectivity index (χ1v) is 15.2. The van der Waals surface area contributed by atoms with Gasteiger partial charge in [0.15, 0.2) is 5.78 Å². The Bertz CT molecular complexity index is 1570. The number of ketones is 1. The molecule has 0 radical (unpaired) electrons. The van der Waals surface area contributed by atoms with Crippen LogP contribution in [0.1, 0.15) is 42.9 Å². The number of aromatic hydroxyl groups is 1. The van der Waals surface area contributed by atoms with Crippen molar-refractivity contribution in [3.63, 3.8) is 0 Å². The Morgan fingerprint density at radius 3 is 2.36 bits per heavy atom. The van der Waals surface area contributed by atoms with Gasteiger partial charge in [-0.2, -0.15) is 0 Å². The summed E-state index contributed by atoms with van der Waals surface area (Å²) in [6, 6.07) is 10.6. The van der Waals surface area contributed by atoms with E-state index in [1.807, 2.05) is 30.3 Å². The summed E-state index contributed by atoms with van der Waals surface area (Å²) in [4.78, 5) is 30.5. The third kappa shape index (κ3) is 4.80. The second-order valence-electron chi connectivity index (χ2n) is 13.2. The van der Waals surface area contributed by atoms with Crippen molar-refractivity contribution in [1.29, 1.82) is 0 Å². The Labute approximate surface area is 256 Å². The summed E-state index contributed by atoms with van der Waals surface area (Å²) in [7, 11) is 3.45. The molecule has 0 bridgehead atoms. The standard InChI is InChI=1S/C34H40FN3O6/c1-34(44)27-23(29(37(2)3)32(42)28(34)33(36)43)15-19-14-22-21(8-9-24(39)26(22)30(40)25(19)31(27)41)18-6-4-17(5-7-18)16-38-12-10-20(35)11-13-38/h4-9,19-20,23,27,29,39-40,42,44H,10-16H2,1-3H3,(H2,36,43)/t19?,23?,27?,29-,34?/m0/s1. The molecule has 4 aliphatic rings. The zero-order valence-electron chi connectivity index (χ0n) is 25.3. The monoisotopic (exact) mass is 605 g/mol. The van der Waals surface area contributed by atoms with E-state index >= 15 is 0 Å². The van der Waals surface area contributed by atoms with Crippen molar-refractivity contribution >= 4 is 17.4 Å². The number of alkyl halides is 1. The van der Waals surface area contributed by atoms with Crippen LogP contribution in [0.15, 0.2) is 53.3 Å². The largest absolute Gasteiger partial charge is 0.510 e. The third-order valence-electron chi connectivity index (χ3n) is 10.2. The summed E-state index contributed by atoms with van der Waals surface area (Å²) in [5.74, 6) is -4.54. The number of rotatable bonds is 5. The van der Waals surface area contributed by atoms with E-state index in [-0.39, 0.29) is 28.4 Å². The molecule has 4 unspecified atom stereocenters. The maximum atomic E-state index is 14.2. The van der Waals surface area contributed by atoms with Gasteiger partial charge < -0.3 is 26.2 Å². The number of likely N-dealkylation sites (tertiary alicyclic amines) is 1. The van der Waals surface area contributed by atoms with Crippen LogP contribution >= 0.6 is 0 Å². The molecule has 44 heavy (non-hydrogen) atoms. The van der Waals surface area contributed by atoms with Gasteiger partial charge in [-0.15, -0.1) is 0 Å². The van der Waals surface area contributed by atoms with Crippen LogP contribution in [0.2, 0.25) is 0 Å². The lowest BCUT2D eigenvalue weighted by molar-refractivity contribution is -0.139. The molecule has 2 aromatic carbocycles. The number of primary amides is 1. The topological polar surface area (TPSA) is 148 Å². The fourth-order valence-electron chi connectivity index (χ4n) is 8.26. The number of allylic oxidation sites excluding steroid dienone is 1. The van der Waals surface area contributed by atoms with E-state index in [1.165, 1.54) is 13.0 Å². The molecule has 1 aliphatic heterocycles. The number of hydrogen-bond acceptors (Lipinski definition) is 8. The maximum absolute atomic E-state index is 14.2. The van der Waals surface area contributed by atoms with E-state index in [2.05, 4.69) is 4.90 Å². The normalized spacial score (nSPS) is 29.5. The molecule has 10 heteroatoms. The Morgan fingerprint density at radius 1 is 1.09 bits per heavy atom. The summed E-state index contributed by atoms with van der Waals surface area (Å²) in [5, 5.41) is 45.3. The van der Waals surface area contributed by atoms with Crippen molar-refractivity contribution in [2.24, 2.45) is 23.5 Å². The lowest BCUT2D eigenvalue weighted by Gasteiger charge is -2.52. The van der Waals surface area contributed by atoms with E-state index in [0.29, 0.717) is 31.2 Å². The molecule has 1 saturated heterocycles. The van der Waals surface area contributed by atoms with Crippen molar-refractivity contribution in [1.82, 2.24) is 9.80 Å². The van der Waals surface area contributed by atoms with Gasteiger partial charge in [0.25, 0.3) is 5.91 Å². The van der Waals surface area contributed by atoms with Crippen LogP contribution in [0, 0.1) is 17.8 Å². The zero-order chi connectivity index (χ0) is 31.7. The number of Topliss-reactive ketones (excluding diaryl/α,β-unsaturated/α-hetero) is 1. The quantitative estimate of drug-likeness (QED) is 0.347. The molecule has 234 valence electrons. The van der Waals surface area contributed by atoms with Gasteiger partial charge in [0.2, 0.25) is 0 Å². The van der Waals surface area contributed by atoms with E-state index in [4.69, 9.17) is 5.73 Å². The summed E-state index contributed by atoms with van der Waals surface area (Å²) >= 11 is 0. The van der Waals surface area contributed by atoms with Gasteiger partial charge in [-0.1, -0.05) is 30.3 Å². The van der Waals surface area contributed by atoms with Crippen molar-refractivity contribution in [2.45, 2.75) is 57.0 Å². The fourth-order valence-corrected chi connectivity index (χ4v) is 8.26. The molecule has 6 rings (SSSR count). The van der Waals surface area contributed by atoms with Gasteiger partial charge in [-0.05, 0) is 86.9 Å². The van der Waals surface area contributed by atoms with Gasteiger partial charge >= 0.3 is 0 Å². The zero-order valence-corrected chi connectivity index (χ0v) is 25.3. The highest BCUT2D eigenvalue weighted by molar-refractivity contribution is 6.08. The SMILES string of the molecule is CN(C)[C@@H]1C(O)=C(C(N)=O)C(C)(O)C2C(=O)C3=C(O)c4c(O)ccc(-c5ccc(CN6CCC(F)CC6)cc5)c4CC3CC21. The molecule has 1 amide bonds. The minimum Gasteiger partial charge on any atom is -0.510 e. The Hall–Kier alpha value is -3.73.